The van der Waals surface area contributed by atoms with Crippen LogP contribution in [0.25, 0.3) is 0 Å². The molecule has 0 fully saturated rings. The van der Waals surface area contributed by atoms with Crippen molar-refractivity contribution in [1.29, 1.82) is 0 Å². The second-order valence-corrected chi connectivity index (χ2v) is 8.48. The largest absolute Gasteiger partial charge is 0.481 e. The Hall–Kier alpha value is -2.47. The van der Waals surface area contributed by atoms with Gasteiger partial charge in [-0.15, -0.1) is 0 Å². The lowest BCUT2D eigenvalue weighted by Gasteiger charge is -2.20. The molecular weight excluding hydrogens is 352 g/mol. The minimum absolute atomic E-state index is 0.130. The molecule has 0 radical (unpaired) electrons. The normalized spacial score (nSPS) is 13.8. The van der Waals surface area contributed by atoms with Gasteiger partial charge in [0.2, 0.25) is 0 Å². The van der Waals surface area contributed by atoms with E-state index in [9.17, 15) is 23.1 Å². The predicted molar refractivity (Wildman–Crippen MR) is 99.1 cm³/mol. The summed E-state index contributed by atoms with van der Waals surface area (Å²) in [6, 6.07) is 14.8. The van der Waals surface area contributed by atoms with Gasteiger partial charge in [0.05, 0.1) is 10.8 Å². The number of ketones is 1. The summed E-state index contributed by atoms with van der Waals surface area (Å²) in [6.07, 6.45) is 1.75. The van der Waals surface area contributed by atoms with E-state index in [2.05, 4.69) is 0 Å². The van der Waals surface area contributed by atoms with Crippen LogP contribution in [0.3, 0.4) is 0 Å². The molecule has 2 unspecified atom stereocenters. The predicted octanol–water partition coefficient (Wildman–Crippen LogP) is 3.56. The molecule has 26 heavy (non-hydrogen) atoms. The lowest BCUT2D eigenvalue weighted by Crippen LogP contribution is -2.20. The first-order valence-corrected chi connectivity index (χ1v) is 10.2. The van der Waals surface area contributed by atoms with Crippen LogP contribution < -0.4 is 0 Å². The van der Waals surface area contributed by atoms with Gasteiger partial charge in [-0.05, 0) is 30.0 Å². The van der Waals surface area contributed by atoms with Crippen molar-refractivity contribution in [3.63, 3.8) is 0 Å². The maximum Gasteiger partial charge on any atom is 0.311 e. The van der Waals surface area contributed by atoms with Crippen molar-refractivity contribution in [3.8, 4) is 0 Å². The number of carboxylic acids is 1. The van der Waals surface area contributed by atoms with E-state index in [4.69, 9.17) is 0 Å². The Morgan fingerprint density at radius 3 is 2.08 bits per heavy atom. The summed E-state index contributed by atoms with van der Waals surface area (Å²) >= 11 is 0. The summed E-state index contributed by atoms with van der Waals surface area (Å²) in [5.74, 6) is -1.92. The van der Waals surface area contributed by atoms with Gasteiger partial charge in [0.25, 0.3) is 0 Å². The maximum atomic E-state index is 12.3. The average molecular weight is 374 g/mol. The van der Waals surface area contributed by atoms with Gasteiger partial charge in [-0.25, -0.2) is 8.42 Å². The Balaban J connectivity index is 2.04. The molecule has 0 bridgehead atoms. The standard InChI is InChI=1S/C20H22O5S/c1-14(19(20(22)23)16-6-4-3-5-7-16)8-13-18(21)15-9-11-17(12-10-15)26(2,24)25/h3-7,9-12,14,19H,8,13H2,1-2H3,(H,22,23). The second-order valence-electron chi connectivity index (χ2n) is 6.46. The molecule has 2 atom stereocenters. The lowest BCUT2D eigenvalue weighted by molar-refractivity contribution is -0.140. The van der Waals surface area contributed by atoms with Crippen molar-refractivity contribution in [2.75, 3.05) is 6.26 Å². The number of benzene rings is 2. The van der Waals surface area contributed by atoms with Crippen molar-refractivity contribution >= 4 is 21.6 Å². The molecule has 0 heterocycles. The third-order valence-corrected chi connectivity index (χ3v) is 5.55. The van der Waals surface area contributed by atoms with Gasteiger partial charge in [-0.1, -0.05) is 49.4 Å². The molecular formula is C20H22O5S. The van der Waals surface area contributed by atoms with Gasteiger partial charge in [0.15, 0.2) is 15.6 Å². The fourth-order valence-corrected chi connectivity index (χ4v) is 3.56. The smallest absolute Gasteiger partial charge is 0.311 e. The average Bonchev–Trinajstić information content (AvgIpc) is 2.60. The highest BCUT2D eigenvalue weighted by Crippen LogP contribution is 2.28. The number of aliphatic carboxylic acids is 1. The van der Waals surface area contributed by atoms with E-state index in [0.717, 1.165) is 11.8 Å². The third kappa shape index (κ3) is 5.02. The van der Waals surface area contributed by atoms with Crippen LogP contribution in [0.4, 0.5) is 0 Å². The van der Waals surface area contributed by atoms with Crippen LogP contribution >= 0.6 is 0 Å². The second kappa shape index (κ2) is 8.27. The Morgan fingerprint density at radius 2 is 1.58 bits per heavy atom. The molecule has 2 rings (SSSR count). The zero-order valence-corrected chi connectivity index (χ0v) is 15.6. The molecule has 0 saturated carbocycles. The molecule has 0 aromatic heterocycles. The van der Waals surface area contributed by atoms with Gasteiger partial charge in [-0.2, -0.15) is 0 Å². The summed E-state index contributed by atoms with van der Waals surface area (Å²) < 4.78 is 22.9. The van der Waals surface area contributed by atoms with E-state index in [1.165, 1.54) is 24.3 Å². The lowest BCUT2D eigenvalue weighted by atomic mass is 9.83. The summed E-state index contributed by atoms with van der Waals surface area (Å²) in [6.45, 7) is 1.83. The SMILES string of the molecule is CC(CCC(=O)c1ccc(S(C)(=O)=O)cc1)C(C(=O)O)c1ccccc1. The first kappa shape index (κ1) is 19.8. The van der Waals surface area contributed by atoms with Crippen LogP contribution in [0.5, 0.6) is 0 Å². The van der Waals surface area contributed by atoms with E-state index in [0.29, 0.717) is 12.0 Å². The molecule has 0 aliphatic heterocycles. The number of sulfone groups is 1. The van der Waals surface area contributed by atoms with Crippen LogP contribution in [0.2, 0.25) is 0 Å². The fourth-order valence-electron chi connectivity index (χ4n) is 2.93. The van der Waals surface area contributed by atoms with E-state index in [1.54, 1.807) is 24.3 Å². The van der Waals surface area contributed by atoms with Gasteiger partial charge in [-0.3, -0.25) is 9.59 Å². The van der Waals surface area contributed by atoms with Crippen molar-refractivity contribution in [2.24, 2.45) is 5.92 Å². The number of hydrogen-bond acceptors (Lipinski definition) is 4. The maximum absolute atomic E-state index is 12.3. The van der Waals surface area contributed by atoms with Crippen molar-refractivity contribution in [3.05, 3.63) is 65.7 Å². The zero-order valence-electron chi connectivity index (χ0n) is 14.8. The molecule has 6 heteroatoms. The fraction of sp³-hybridized carbons (Fsp3) is 0.300. The molecule has 138 valence electrons. The number of hydrogen-bond donors (Lipinski definition) is 1. The Morgan fingerprint density at radius 1 is 1.00 bits per heavy atom. The summed E-state index contributed by atoms with van der Waals surface area (Å²) in [5, 5.41) is 9.54. The van der Waals surface area contributed by atoms with Crippen LogP contribution in [0, 0.1) is 5.92 Å². The Bertz CT molecular complexity index is 870. The number of carboxylic acid groups (broad SMARTS) is 1. The quantitative estimate of drug-likeness (QED) is 0.714. The first-order chi connectivity index (χ1) is 12.2. The van der Waals surface area contributed by atoms with Crippen LogP contribution in [-0.2, 0) is 14.6 Å². The highest BCUT2D eigenvalue weighted by molar-refractivity contribution is 7.90. The van der Waals surface area contributed by atoms with Gasteiger partial charge in [0, 0.05) is 18.2 Å². The zero-order chi connectivity index (χ0) is 19.3. The summed E-state index contributed by atoms with van der Waals surface area (Å²) in [5.41, 5.74) is 1.15. The molecule has 5 nitrogen and oxygen atoms in total. The van der Waals surface area contributed by atoms with Crippen molar-refractivity contribution < 1.29 is 23.1 Å². The third-order valence-electron chi connectivity index (χ3n) is 4.42. The van der Waals surface area contributed by atoms with Crippen LogP contribution in [0.15, 0.2) is 59.5 Å². The Kier molecular flexibility index (Phi) is 6.32. The van der Waals surface area contributed by atoms with E-state index >= 15 is 0 Å². The van der Waals surface area contributed by atoms with Crippen molar-refractivity contribution in [2.45, 2.75) is 30.6 Å². The number of rotatable bonds is 8. The van der Waals surface area contributed by atoms with Gasteiger partial charge >= 0.3 is 5.97 Å². The first-order valence-electron chi connectivity index (χ1n) is 8.31. The van der Waals surface area contributed by atoms with E-state index < -0.39 is 21.7 Å². The highest BCUT2D eigenvalue weighted by Gasteiger charge is 2.26. The van der Waals surface area contributed by atoms with Gasteiger partial charge in [0.1, 0.15) is 0 Å². The van der Waals surface area contributed by atoms with Gasteiger partial charge < -0.3 is 5.11 Å². The van der Waals surface area contributed by atoms with E-state index in [1.807, 2.05) is 13.0 Å². The highest BCUT2D eigenvalue weighted by atomic mass is 32.2. The number of carbonyl (C=O) groups is 2. The minimum Gasteiger partial charge on any atom is -0.481 e. The molecule has 0 saturated heterocycles. The molecule has 1 N–H and O–H groups in total. The number of carbonyl (C=O) groups excluding carboxylic acids is 1. The summed E-state index contributed by atoms with van der Waals surface area (Å²) in [7, 11) is -3.30. The minimum atomic E-state index is -3.30. The summed E-state index contributed by atoms with van der Waals surface area (Å²) in [4.78, 5) is 24.2. The molecule has 0 aliphatic carbocycles. The Labute approximate surface area is 153 Å². The molecule has 0 amide bonds. The topological polar surface area (TPSA) is 88.5 Å². The number of Topliss-reactive ketones (excluding diaryl/α,β-unsaturated/α-hetero) is 1. The molecule has 0 spiro atoms. The van der Waals surface area contributed by atoms with E-state index in [-0.39, 0.29) is 23.0 Å². The molecule has 2 aromatic carbocycles. The molecule has 2 aromatic rings. The van der Waals surface area contributed by atoms with Crippen LogP contribution in [0.1, 0.15) is 41.6 Å². The monoisotopic (exact) mass is 374 g/mol. The molecule has 0 aliphatic rings. The van der Waals surface area contributed by atoms with Crippen LogP contribution in [-0.4, -0.2) is 31.5 Å². The van der Waals surface area contributed by atoms with Crippen molar-refractivity contribution in [1.82, 2.24) is 0 Å².